The summed E-state index contributed by atoms with van der Waals surface area (Å²) in [6, 6.07) is 6.65. The van der Waals surface area contributed by atoms with Crippen LogP contribution >= 0.6 is 0 Å². The molecule has 2 N–H and O–H groups in total. The molecule has 1 aromatic carbocycles. The second-order valence-corrected chi connectivity index (χ2v) is 9.71. The highest BCUT2D eigenvalue weighted by Crippen LogP contribution is 2.28. The average molecular weight is 432 g/mol. The molecule has 8 nitrogen and oxygen atoms in total. The average Bonchev–Trinajstić information content (AvgIpc) is 3.38. The number of benzene rings is 1. The standard InChI is InChI=1S/C21H25N3O5S/c1-13(15-5-7-17-16(11-15)6-8-20(25)23-17)22-21(26)18-12-19(14(2)29-18)30(27,28)24-9-3-4-10-24/h5,7,11-13H,3-4,6,8-10H2,1-2H3,(H,22,26)(H,23,25)/t13-/m1/s1. The van der Waals surface area contributed by atoms with E-state index in [1.54, 1.807) is 6.92 Å². The van der Waals surface area contributed by atoms with Crippen LogP contribution in [0.1, 0.15) is 59.7 Å². The van der Waals surface area contributed by atoms with E-state index in [4.69, 9.17) is 4.42 Å². The van der Waals surface area contributed by atoms with E-state index in [1.165, 1.54) is 10.4 Å². The number of amides is 2. The Labute approximate surface area is 175 Å². The van der Waals surface area contributed by atoms with Gasteiger partial charge in [0.1, 0.15) is 10.7 Å². The van der Waals surface area contributed by atoms with E-state index in [2.05, 4.69) is 10.6 Å². The van der Waals surface area contributed by atoms with Gasteiger partial charge in [0.15, 0.2) is 5.76 Å². The second-order valence-electron chi connectivity index (χ2n) is 7.80. The first-order chi connectivity index (χ1) is 14.3. The zero-order chi connectivity index (χ0) is 21.5. The first-order valence-electron chi connectivity index (χ1n) is 10.1. The van der Waals surface area contributed by atoms with Crippen molar-refractivity contribution in [3.05, 3.63) is 46.9 Å². The molecule has 0 unspecified atom stereocenters. The van der Waals surface area contributed by atoms with E-state index in [9.17, 15) is 18.0 Å². The summed E-state index contributed by atoms with van der Waals surface area (Å²) in [5.74, 6) is -0.282. The number of fused-ring (bicyclic) bond motifs is 1. The number of nitrogens with one attached hydrogen (secondary N) is 2. The van der Waals surface area contributed by atoms with Gasteiger partial charge in [-0.25, -0.2) is 8.42 Å². The van der Waals surface area contributed by atoms with Crippen molar-refractivity contribution in [1.82, 2.24) is 9.62 Å². The lowest BCUT2D eigenvalue weighted by Gasteiger charge is -2.20. The molecule has 0 radical (unpaired) electrons. The Balaban J connectivity index is 1.50. The largest absolute Gasteiger partial charge is 0.455 e. The van der Waals surface area contributed by atoms with Gasteiger partial charge in [-0.15, -0.1) is 0 Å². The van der Waals surface area contributed by atoms with Gasteiger partial charge < -0.3 is 15.1 Å². The molecule has 30 heavy (non-hydrogen) atoms. The Morgan fingerprint density at radius 3 is 2.67 bits per heavy atom. The van der Waals surface area contributed by atoms with E-state index in [0.29, 0.717) is 25.9 Å². The lowest BCUT2D eigenvalue weighted by atomic mass is 9.98. The van der Waals surface area contributed by atoms with Gasteiger partial charge in [-0.1, -0.05) is 12.1 Å². The quantitative estimate of drug-likeness (QED) is 0.757. The number of carbonyl (C=O) groups excluding carboxylic acids is 2. The van der Waals surface area contributed by atoms with Crippen LogP contribution in [-0.2, 0) is 21.2 Å². The summed E-state index contributed by atoms with van der Waals surface area (Å²) in [5.41, 5.74) is 2.72. The van der Waals surface area contributed by atoms with Crippen molar-refractivity contribution in [3.8, 4) is 0 Å². The Morgan fingerprint density at radius 1 is 1.20 bits per heavy atom. The van der Waals surface area contributed by atoms with Crippen molar-refractivity contribution >= 4 is 27.5 Å². The Morgan fingerprint density at radius 2 is 1.93 bits per heavy atom. The Hall–Kier alpha value is -2.65. The number of sulfonamides is 1. The predicted molar refractivity (Wildman–Crippen MR) is 111 cm³/mol. The molecule has 9 heteroatoms. The highest BCUT2D eigenvalue weighted by molar-refractivity contribution is 7.89. The molecule has 2 aliphatic rings. The molecule has 2 aliphatic heterocycles. The molecule has 1 saturated heterocycles. The van der Waals surface area contributed by atoms with Gasteiger partial charge in [0.25, 0.3) is 5.91 Å². The van der Waals surface area contributed by atoms with E-state index < -0.39 is 15.9 Å². The van der Waals surface area contributed by atoms with Gasteiger partial charge in [-0.05, 0) is 50.3 Å². The fourth-order valence-corrected chi connectivity index (χ4v) is 5.60. The van der Waals surface area contributed by atoms with Crippen LogP contribution in [0.5, 0.6) is 0 Å². The molecule has 1 fully saturated rings. The summed E-state index contributed by atoms with van der Waals surface area (Å²) in [7, 11) is -3.65. The van der Waals surface area contributed by atoms with Crippen molar-refractivity contribution in [2.75, 3.05) is 18.4 Å². The van der Waals surface area contributed by atoms with Crippen LogP contribution < -0.4 is 10.6 Å². The first-order valence-corrected chi connectivity index (χ1v) is 11.5. The first kappa shape index (κ1) is 20.6. The number of hydrogen-bond donors (Lipinski definition) is 2. The van der Waals surface area contributed by atoms with Gasteiger partial charge in [-0.3, -0.25) is 9.59 Å². The minimum atomic E-state index is -3.65. The second kappa shape index (κ2) is 7.88. The van der Waals surface area contributed by atoms with Crippen molar-refractivity contribution in [1.29, 1.82) is 0 Å². The molecule has 160 valence electrons. The third-order valence-corrected chi connectivity index (χ3v) is 7.66. The maximum Gasteiger partial charge on any atom is 0.287 e. The number of carbonyl (C=O) groups is 2. The van der Waals surface area contributed by atoms with Crippen LogP contribution in [0.3, 0.4) is 0 Å². The fraction of sp³-hybridized carbons (Fsp3) is 0.429. The van der Waals surface area contributed by atoms with Crippen molar-refractivity contribution < 1.29 is 22.4 Å². The van der Waals surface area contributed by atoms with Crippen LogP contribution in [0.25, 0.3) is 0 Å². The molecule has 2 aromatic rings. The molecule has 2 amide bonds. The van der Waals surface area contributed by atoms with E-state index in [-0.39, 0.29) is 28.4 Å². The monoisotopic (exact) mass is 431 g/mol. The molecular formula is C21H25N3O5S. The molecule has 0 bridgehead atoms. The van der Waals surface area contributed by atoms with Gasteiger partial charge in [0.2, 0.25) is 15.9 Å². The smallest absolute Gasteiger partial charge is 0.287 e. The molecular weight excluding hydrogens is 406 g/mol. The number of rotatable bonds is 5. The van der Waals surface area contributed by atoms with E-state index in [0.717, 1.165) is 29.7 Å². The lowest BCUT2D eigenvalue weighted by molar-refractivity contribution is -0.116. The SMILES string of the molecule is Cc1oc(C(=O)N[C@H](C)c2ccc3c(c2)CCC(=O)N3)cc1S(=O)(=O)N1CCCC1. The van der Waals surface area contributed by atoms with Crippen LogP contribution in [0.15, 0.2) is 33.6 Å². The summed E-state index contributed by atoms with van der Waals surface area (Å²) >= 11 is 0. The Kier molecular flexibility index (Phi) is 5.42. The van der Waals surface area contributed by atoms with Crippen molar-refractivity contribution in [2.24, 2.45) is 0 Å². The summed E-state index contributed by atoms with van der Waals surface area (Å²) in [6.07, 6.45) is 2.78. The molecule has 1 atom stereocenters. The topological polar surface area (TPSA) is 109 Å². The highest BCUT2D eigenvalue weighted by atomic mass is 32.2. The van der Waals surface area contributed by atoms with Crippen LogP contribution in [-0.4, -0.2) is 37.6 Å². The van der Waals surface area contributed by atoms with Crippen LogP contribution in [0, 0.1) is 6.92 Å². The summed E-state index contributed by atoms with van der Waals surface area (Å²) in [6.45, 7) is 4.38. The minimum Gasteiger partial charge on any atom is -0.455 e. The van der Waals surface area contributed by atoms with Crippen LogP contribution in [0.2, 0.25) is 0 Å². The van der Waals surface area contributed by atoms with Crippen LogP contribution in [0.4, 0.5) is 5.69 Å². The number of anilines is 1. The highest BCUT2D eigenvalue weighted by Gasteiger charge is 2.32. The van der Waals surface area contributed by atoms with Gasteiger partial charge in [0, 0.05) is 31.3 Å². The Bertz CT molecular complexity index is 1100. The summed E-state index contributed by atoms with van der Waals surface area (Å²) in [5, 5.41) is 5.70. The molecule has 0 aliphatic carbocycles. The zero-order valence-corrected chi connectivity index (χ0v) is 17.8. The maximum absolute atomic E-state index is 12.8. The van der Waals surface area contributed by atoms with Gasteiger partial charge in [-0.2, -0.15) is 4.31 Å². The number of hydrogen-bond acceptors (Lipinski definition) is 5. The molecule has 4 rings (SSSR count). The van der Waals surface area contributed by atoms with Gasteiger partial charge in [0.05, 0.1) is 6.04 Å². The molecule has 0 spiro atoms. The zero-order valence-electron chi connectivity index (χ0n) is 17.0. The third kappa shape index (κ3) is 3.87. The minimum absolute atomic E-state index is 0.00415. The van der Waals surface area contributed by atoms with E-state index >= 15 is 0 Å². The van der Waals surface area contributed by atoms with E-state index in [1.807, 2.05) is 25.1 Å². The number of aryl methyl sites for hydroxylation is 2. The van der Waals surface area contributed by atoms with Crippen molar-refractivity contribution in [3.63, 3.8) is 0 Å². The molecule has 1 aromatic heterocycles. The summed E-state index contributed by atoms with van der Waals surface area (Å²) < 4.78 is 32.5. The number of nitrogens with zero attached hydrogens (tertiary/aromatic N) is 1. The fourth-order valence-electron chi connectivity index (χ4n) is 3.92. The predicted octanol–water partition coefficient (Wildman–Crippen LogP) is 2.75. The molecule has 3 heterocycles. The number of furan rings is 1. The third-order valence-electron chi connectivity index (χ3n) is 5.65. The summed E-state index contributed by atoms with van der Waals surface area (Å²) in [4.78, 5) is 24.3. The maximum atomic E-state index is 12.8. The molecule has 0 saturated carbocycles. The normalized spacial score (nSPS) is 18.0. The lowest BCUT2D eigenvalue weighted by Crippen LogP contribution is -2.28. The van der Waals surface area contributed by atoms with Gasteiger partial charge >= 0.3 is 0 Å². The van der Waals surface area contributed by atoms with Crippen molar-refractivity contribution in [2.45, 2.75) is 50.5 Å².